The fourth-order valence-electron chi connectivity index (χ4n) is 4.38. The predicted octanol–water partition coefficient (Wildman–Crippen LogP) is 5.36. The molecular formula is C18H19F5O2. The number of aldehydes is 1. The van der Waals surface area contributed by atoms with Crippen LogP contribution in [0.4, 0.5) is 22.0 Å². The summed E-state index contributed by atoms with van der Waals surface area (Å²) in [7, 11) is 0. The molecular weight excluding hydrogens is 343 g/mol. The number of carbonyl (C=O) groups excluding carboxylic acids is 1. The largest absolute Gasteiger partial charge is 0.573 e. The third kappa shape index (κ3) is 4.12. The van der Waals surface area contributed by atoms with Crippen LogP contribution in [0.2, 0.25) is 0 Å². The van der Waals surface area contributed by atoms with Crippen molar-refractivity contribution in [2.45, 2.75) is 50.8 Å². The van der Waals surface area contributed by atoms with Crippen LogP contribution >= 0.6 is 0 Å². The number of carbonyl (C=O) groups is 1. The first-order chi connectivity index (χ1) is 11.8. The lowest BCUT2D eigenvalue weighted by Gasteiger charge is -2.41. The summed E-state index contributed by atoms with van der Waals surface area (Å²) in [5.74, 6) is -3.21. The molecule has 4 atom stereocenters. The van der Waals surface area contributed by atoms with Crippen LogP contribution in [0, 0.1) is 29.4 Å². The van der Waals surface area contributed by atoms with Gasteiger partial charge in [0.2, 0.25) is 5.75 Å². The van der Waals surface area contributed by atoms with Gasteiger partial charge in [-0.25, -0.2) is 8.78 Å². The quantitative estimate of drug-likeness (QED) is 0.534. The Morgan fingerprint density at radius 2 is 1.56 bits per heavy atom. The van der Waals surface area contributed by atoms with Crippen LogP contribution in [0.25, 0.3) is 0 Å². The minimum absolute atomic E-state index is 0.0852. The molecule has 0 heterocycles. The second kappa shape index (κ2) is 6.92. The van der Waals surface area contributed by atoms with Crippen LogP contribution in [0.5, 0.6) is 5.75 Å². The number of fused-ring (bicyclic) bond motifs is 1. The van der Waals surface area contributed by atoms with E-state index in [1.165, 1.54) is 0 Å². The molecule has 0 aromatic heterocycles. The van der Waals surface area contributed by atoms with E-state index in [4.69, 9.17) is 0 Å². The van der Waals surface area contributed by atoms with Gasteiger partial charge in [-0.15, -0.1) is 13.2 Å². The lowest BCUT2D eigenvalue weighted by molar-refractivity contribution is -0.276. The average Bonchev–Trinajstić information content (AvgIpc) is 2.56. The van der Waals surface area contributed by atoms with Crippen molar-refractivity contribution in [1.82, 2.24) is 0 Å². The lowest BCUT2D eigenvalue weighted by atomic mass is 9.64. The average molecular weight is 362 g/mol. The summed E-state index contributed by atoms with van der Waals surface area (Å²) in [6, 6.07) is 1.90. The van der Waals surface area contributed by atoms with E-state index in [0.29, 0.717) is 23.8 Å². The SMILES string of the molecule is O=C[C@@H]1CC[C@@H]2CC(c3cc(F)c(OC(F)(F)F)c(F)c3)CC[C@@H]2C1. The van der Waals surface area contributed by atoms with E-state index in [-0.39, 0.29) is 11.8 Å². The zero-order valence-corrected chi connectivity index (χ0v) is 13.5. The van der Waals surface area contributed by atoms with Crippen molar-refractivity contribution in [3.8, 4) is 5.75 Å². The predicted molar refractivity (Wildman–Crippen MR) is 80.0 cm³/mol. The zero-order chi connectivity index (χ0) is 18.2. The van der Waals surface area contributed by atoms with Gasteiger partial charge in [-0.1, -0.05) is 0 Å². The normalized spacial score (nSPS) is 29.8. The van der Waals surface area contributed by atoms with E-state index in [0.717, 1.165) is 50.5 Å². The van der Waals surface area contributed by atoms with E-state index in [9.17, 15) is 26.7 Å². The number of benzene rings is 1. The smallest absolute Gasteiger partial charge is 0.399 e. The van der Waals surface area contributed by atoms with Crippen LogP contribution in [0.3, 0.4) is 0 Å². The van der Waals surface area contributed by atoms with Gasteiger partial charge >= 0.3 is 6.36 Å². The Morgan fingerprint density at radius 3 is 2.16 bits per heavy atom. The minimum Gasteiger partial charge on any atom is -0.399 e. The van der Waals surface area contributed by atoms with Crippen molar-refractivity contribution in [3.05, 3.63) is 29.3 Å². The molecule has 2 saturated carbocycles. The third-order valence-electron chi connectivity index (χ3n) is 5.56. The Kier molecular flexibility index (Phi) is 5.02. The molecule has 2 fully saturated rings. The van der Waals surface area contributed by atoms with Gasteiger partial charge in [-0.2, -0.15) is 0 Å². The molecule has 1 aromatic rings. The van der Waals surface area contributed by atoms with Gasteiger partial charge in [0.05, 0.1) is 0 Å². The second-order valence-corrected chi connectivity index (χ2v) is 7.10. The van der Waals surface area contributed by atoms with E-state index >= 15 is 0 Å². The molecule has 25 heavy (non-hydrogen) atoms. The van der Waals surface area contributed by atoms with Gasteiger partial charge in [0.15, 0.2) is 11.6 Å². The number of hydrogen-bond acceptors (Lipinski definition) is 2. The van der Waals surface area contributed by atoms with E-state index < -0.39 is 23.7 Å². The van der Waals surface area contributed by atoms with Crippen molar-refractivity contribution < 1.29 is 31.5 Å². The minimum atomic E-state index is -5.14. The molecule has 7 heteroatoms. The summed E-state index contributed by atoms with van der Waals surface area (Å²) in [6.07, 6.45) is 0.791. The molecule has 0 bridgehead atoms. The van der Waals surface area contributed by atoms with E-state index in [1.807, 2.05) is 0 Å². The molecule has 2 nitrogen and oxygen atoms in total. The molecule has 0 aliphatic heterocycles. The van der Waals surface area contributed by atoms with Gasteiger partial charge in [0, 0.05) is 5.92 Å². The monoisotopic (exact) mass is 362 g/mol. The molecule has 138 valence electrons. The molecule has 2 aliphatic rings. The summed E-state index contributed by atoms with van der Waals surface area (Å²) in [6.45, 7) is 0. The highest BCUT2D eigenvalue weighted by Gasteiger charge is 2.37. The Hall–Kier alpha value is -1.66. The van der Waals surface area contributed by atoms with Crippen molar-refractivity contribution in [2.75, 3.05) is 0 Å². The molecule has 0 N–H and O–H groups in total. The molecule has 0 amide bonds. The fraction of sp³-hybridized carbons (Fsp3) is 0.611. The lowest BCUT2D eigenvalue weighted by Crippen LogP contribution is -2.31. The number of rotatable bonds is 3. The Labute approximate surface area is 142 Å². The summed E-state index contributed by atoms with van der Waals surface area (Å²) in [5.41, 5.74) is 0.375. The first-order valence-corrected chi connectivity index (χ1v) is 8.46. The van der Waals surface area contributed by atoms with E-state index in [1.54, 1.807) is 0 Å². The van der Waals surface area contributed by atoms with Gasteiger partial charge < -0.3 is 9.53 Å². The second-order valence-electron chi connectivity index (χ2n) is 7.10. The first kappa shape index (κ1) is 18.1. The van der Waals surface area contributed by atoms with Crippen molar-refractivity contribution in [1.29, 1.82) is 0 Å². The molecule has 0 radical (unpaired) electrons. The Balaban J connectivity index is 1.74. The number of alkyl halides is 3. The van der Waals surface area contributed by atoms with Crippen molar-refractivity contribution in [3.63, 3.8) is 0 Å². The van der Waals surface area contributed by atoms with Gasteiger partial charge in [0.1, 0.15) is 6.29 Å². The topological polar surface area (TPSA) is 26.3 Å². The number of hydrogen-bond donors (Lipinski definition) is 0. The highest BCUT2D eigenvalue weighted by molar-refractivity contribution is 5.53. The number of ether oxygens (including phenoxy) is 1. The molecule has 1 aromatic carbocycles. The zero-order valence-electron chi connectivity index (χ0n) is 13.5. The number of halogens is 5. The molecule has 0 saturated heterocycles. The summed E-state index contributed by atoms with van der Waals surface area (Å²) in [5, 5.41) is 0. The Bertz CT molecular complexity index is 620. The highest BCUT2D eigenvalue weighted by Crippen LogP contribution is 2.47. The first-order valence-electron chi connectivity index (χ1n) is 8.46. The standard InChI is InChI=1S/C18H19F5O2/c19-15-7-14(8-16(20)17(15)25-18(21,22)23)13-4-3-11-5-10(9-24)1-2-12(11)6-13/h7-13H,1-6H2/t10-,11-,12-,13?/m1/s1. The molecule has 0 spiro atoms. The van der Waals surface area contributed by atoms with Crippen LogP contribution in [-0.4, -0.2) is 12.6 Å². The summed E-state index contributed by atoms with van der Waals surface area (Å²) >= 11 is 0. The summed E-state index contributed by atoms with van der Waals surface area (Å²) < 4.78 is 67.9. The fourth-order valence-corrected chi connectivity index (χ4v) is 4.38. The van der Waals surface area contributed by atoms with Gasteiger partial charge in [0.25, 0.3) is 0 Å². The maximum atomic E-state index is 13.9. The van der Waals surface area contributed by atoms with Gasteiger partial charge in [-0.3, -0.25) is 0 Å². The summed E-state index contributed by atoms with van der Waals surface area (Å²) in [4.78, 5) is 11.0. The van der Waals surface area contributed by atoms with Crippen LogP contribution in [-0.2, 0) is 4.79 Å². The highest BCUT2D eigenvalue weighted by atomic mass is 19.4. The van der Waals surface area contributed by atoms with Gasteiger partial charge in [-0.05, 0) is 74.0 Å². The molecule has 3 rings (SSSR count). The maximum absolute atomic E-state index is 13.9. The van der Waals surface area contributed by atoms with E-state index in [2.05, 4.69) is 4.74 Å². The molecule has 2 aliphatic carbocycles. The van der Waals surface area contributed by atoms with Crippen molar-refractivity contribution >= 4 is 6.29 Å². The van der Waals surface area contributed by atoms with Crippen molar-refractivity contribution in [2.24, 2.45) is 17.8 Å². The van der Waals surface area contributed by atoms with Crippen LogP contribution in [0.15, 0.2) is 12.1 Å². The van der Waals surface area contributed by atoms with Crippen LogP contribution < -0.4 is 4.74 Å². The molecule has 1 unspecified atom stereocenters. The van der Waals surface area contributed by atoms with Crippen LogP contribution in [0.1, 0.15) is 50.0 Å². The Morgan fingerprint density at radius 1 is 0.960 bits per heavy atom. The maximum Gasteiger partial charge on any atom is 0.573 e. The third-order valence-corrected chi connectivity index (χ3v) is 5.56.